The Kier molecular flexibility index (Phi) is 14.0. The minimum Gasteiger partial charge on any atom is -0.297 e. The Morgan fingerprint density at radius 1 is 1.33 bits per heavy atom. The molecule has 3 nitrogen and oxygen atoms in total. The van der Waals surface area contributed by atoms with Crippen LogP contribution in [-0.4, -0.2) is 11.4 Å². The Morgan fingerprint density at radius 2 is 1.93 bits per heavy atom. The number of nitrogens with one attached hydrogen (secondary N) is 1. The molecule has 0 aliphatic rings. The number of nitrogens with zero attached hydrogens (tertiary/aromatic N) is 1. The van der Waals surface area contributed by atoms with Crippen LogP contribution in [0.5, 0.6) is 0 Å². The predicted molar refractivity (Wildman–Crippen MR) is 61.9 cm³/mol. The first-order valence-corrected chi connectivity index (χ1v) is 5.62. The molecule has 1 amide bonds. The van der Waals surface area contributed by atoms with Gasteiger partial charge < -0.3 is 0 Å². The van der Waals surface area contributed by atoms with E-state index in [2.05, 4.69) is 9.71 Å². The lowest BCUT2D eigenvalue weighted by molar-refractivity contribution is -0.107. The zero-order chi connectivity index (χ0) is 12.1. The molecule has 5 heteroatoms. The maximum absolute atomic E-state index is 12.2. The van der Waals surface area contributed by atoms with Gasteiger partial charge in [0.2, 0.25) is 6.41 Å². The molecule has 15 heavy (non-hydrogen) atoms. The van der Waals surface area contributed by atoms with Crippen molar-refractivity contribution in [2.75, 3.05) is 0 Å². The molecule has 0 aromatic carbocycles. The minimum atomic E-state index is -0.388. The molecule has 1 heterocycles. The molecule has 0 unspecified atom stereocenters. The van der Waals surface area contributed by atoms with Gasteiger partial charge in [-0.15, -0.1) is 0 Å². The van der Waals surface area contributed by atoms with Gasteiger partial charge in [-0.1, -0.05) is 27.7 Å². The minimum absolute atomic E-state index is 0.388. The van der Waals surface area contributed by atoms with E-state index in [1.807, 2.05) is 27.7 Å². The molecule has 0 radical (unpaired) electrons. The van der Waals surface area contributed by atoms with Gasteiger partial charge in [-0.3, -0.25) is 9.52 Å². The number of aromatic nitrogens is 1. The maximum atomic E-state index is 12.2. The molecular formula is C10H17FN2OS. The van der Waals surface area contributed by atoms with Crippen molar-refractivity contribution in [3.63, 3.8) is 0 Å². The smallest absolute Gasteiger partial charge is 0.217 e. The largest absolute Gasteiger partial charge is 0.297 e. The molecule has 0 fully saturated rings. The van der Waals surface area contributed by atoms with Crippen molar-refractivity contribution in [1.82, 2.24) is 9.71 Å². The molecule has 0 saturated heterocycles. The molecule has 1 aromatic rings. The second kappa shape index (κ2) is 12.9. The molecule has 86 valence electrons. The fourth-order valence-electron chi connectivity index (χ4n) is 0.507. The SMILES string of the molecule is CC.CC.O=CNSc1ccc(F)cn1. The maximum Gasteiger partial charge on any atom is 0.217 e. The summed E-state index contributed by atoms with van der Waals surface area (Å²) in [6.45, 7) is 8.00. The third-order valence-corrected chi connectivity index (χ3v) is 1.58. The van der Waals surface area contributed by atoms with E-state index in [1.165, 1.54) is 12.1 Å². The average Bonchev–Trinajstić information content (AvgIpc) is 2.34. The van der Waals surface area contributed by atoms with Gasteiger partial charge in [0.25, 0.3) is 0 Å². The zero-order valence-corrected chi connectivity index (χ0v) is 10.3. The average molecular weight is 232 g/mol. The van der Waals surface area contributed by atoms with E-state index in [9.17, 15) is 9.18 Å². The topological polar surface area (TPSA) is 42.0 Å². The second-order valence-corrected chi connectivity index (χ2v) is 2.51. The van der Waals surface area contributed by atoms with Gasteiger partial charge in [-0.2, -0.15) is 0 Å². The third-order valence-electron chi connectivity index (χ3n) is 0.912. The second-order valence-electron chi connectivity index (χ2n) is 1.65. The van der Waals surface area contributed by atoms with Crippen molar-refractivity contribution in [2.24, 2.45) is 0 Å². The van der Waals surface area contributed by atoms with E-state index in [0.29, 0.717) is 11.4 Å². The molecule has 1 aromatic heterocycles. The highest BCUT2D eigenvalue weighted by Gasteiger charge is 1.93. The lowest BCUT2D eigenvalue weighted by atomic mass is 10.5. The highest BCUT2D eigenvalue weighted by molar-refractivity contribution is 7.97. The first-order valence-electron chi connectivity index (χ1n) is 4.80. The summed E-state index contributed by atoms with van der Waals surface area (Å²) in [6, 6.07) is 2.76. The Morgan fingerprint density at radius 3 is 2.33 bits per heavy atom. The van der Waals surface area contributed by atoms with Gasteiger partial charge >= 0.3 is 0 Å². The fraction of sp³-hybridized carbons (Fsp3) is 0.400. The van der Waals surface area contributed by atoms with Crippen molar-refractivity contribution < 1.29 is 9.18 Å². The fourth-order valence-corrected chi connectivity index (χ4v) is 0.917. The van der Waals surface area contributed by atoms with Crippen LogP contribution in [0.2, 0.25) is 0 Å². The van der Waals surface area contributed by atoms with Crippen molar-refractivity contribution in [1.29, 1.82) is 0 Å². The monoisotopic (exact) mass is 232 g/mol. The van der Waals surface area contributed by atoms with E-state index < -0.39 is 0 Å². The normalized spacial score (nSPS) is 7.53. The van der Waals surface area contributed by atoms with Gasteiger partial charge in [-0.05, 0) is 12.1 Å². The third kappa shape index (κ3) is 9.21. The summed E-state index contributed by atoms with van der Waals surface area (Å²) in [5, 5.41) is 0.554. The number of rotatable bonds is 3. The Bertz CT molecular complexity index is 242. The number of hydrogen-bond donors (Lipinski definition) is 1. The van der Waals surface area contributed by atoms with Crippen molar-refractivity contribution >= 4 is 18.4 Å². The van der Waals surface area contributed by atoms with Crippen LogP contribution < -0.4 is 4.72 Å². The number of carbonyl (C=O) groups is 1. The van der Waals surface area contributed by atoms with E-state index in [-0.39, 0.29) is 5.82 Å². The van der Waals surface area contributed by atoms with Crippen LogP contribution >= 0.6 is 11.9 Å². The van der Waals surface area contributed by atoms with Crippen LogP contribution in [-0.2, 0) is 4.79 Å². The van der Waals surface area contributed by atoms with Gasteiger partial charge in [0.1, 0.15) is 10.8 Å². The van der Waals surface area contributed by atoms with Gasteiger partial charge in [-0.25, -0.2) is 9.37 Å². The van der Waals surface area contributed by atoms with Crippen molar-refractivity contribution in [3.8, 4) is 0 Å². The first kappa shape index (κ1) is 16.3. The van der Waals surface area contributed by atoms with E-state index in [4.69, 9.17) is 0 Å². The number of pyridine rings is 1. The van der Waals surface area contributed by atoms with Crippen molar-refractivity contribution in [2.45, 2.75) is 32.7 Å². The molecular weight excluding hydrogens is 215 g/mol. The van der Waals surface area contributed by atoms with Crippen LogP contribution in [0.3, 0.4) is 0 Å². The van der Waals surface area contributed by atoms with E-state index in [1.54, 1.807) is 0 Å². The first-order chi connectivity index (χ1) is 7.33. The lowest BCUT2D eigenvalue weighted by Crippen LogP contribution is -1.98. The standard InChI is InChI=1S/C6H5FN2OS.2C2H6/c7-5-1-2-6(8-3-5)11-9-4-10;2*1-2/h1-4H,(H,9,10);2*1-2H3. The summed E-state index contributed by atoms with van der Waals surface area (Å²) < 4.78 is 14.6. The number of hydrogen-bond acceptors (Lipinski definition) is 3. The zero-order valence-electron chi connectivity index (χ0n) is 9.45. The summed E-state index contributed by atoms with van der Waals surface area (Å²) in [5.74, 6) is -0.388. The Labute approximate surface area is 94.6 Å². The van der Waals surface area contributed by atoms with Crippen LogP contribution in [0.15, 0.2) is 23.4 Å². The summed E-state index contributed by atoms with van der Waals surface area (Å²) in [4.78, 5) is 13.5. The van der Waals surface area contributed by atoms with Crippen LogP contribution in [0.1, 0.15) is 27.7 Å². The highest BCUT2D eigenvalue weighted by Crippen LogP contribution is 2.09. The predicted octanol–water partition coefficient (Wildman–Crippen LogP) is 3.03. The molecule has 0 aliphatic carbocycles. The Hall–Kier alpha value is -1.10. The summed E-state index contributed by atoms with van der Waals surface area (Å²) >= 11 is 1.03. The number of carbonyl (C=O) groups excluding carboxylic acids is 1. The Balaban J connectivity index is 0. The molecule has 0 atom stereocenters. The summed E-state index contributed by atoms with van der Waals surface area (Å²) in [7, 11) is 0. The quantitative estimate of drug-likeness (QED) is 0.643. The van der Waals surface area contributed by atoms with Gasteiger partial charge in [0, 0.05) is 11.9 Å². The summed E-state index contributed by atoms with van der Waals surface area (Å²) in [5.41, 5.74) is 0. The summed E-state index contributed by atoms with van der Waals surface area (Å²) in [6.07, 6.45) is 1.63. The number of halogens is 1. The molecule has 1 N–H and O–H groups in total. The molecule has 0 spiro atoms. The lowest BCUT2D eigenvalue weighted by Gasteiger charge is -1.95. The highest BCUT2D eigenvalue weighted by atomic mass is 32.2. The number of amides is 1. The molecule has 0 aliphatic heterocycles. The molecule has 0 saturated carbocycles. The van der Waals surface area contributed by atoms with Crippen LogP contribution in [0.25, 0.3) is 0 Å². The van der Waals surface area contributed by atoms with Crippen LogP contribution in [0, 0.1) is 5.82 Å². The van der Waals surface area contributed by atoms with Gasteiger partial charge in [0.15, 0.2) is 0 Å². The molecule has 1 rings (SSSR count). The van der Waals surface area contributed by atoms with Crippen molar-refractivity contribution in [3.05, 3.63) is 24.1 Å². The van der Waals surface area contributed by atoms with Crippen LogP contribution in [0.4, 0.5) is 4.39 Å². The van der Waals surface area contributed by atoms with Gasteiger partial charge in [0.05, 0.1) is 6.20 Å². The van der Waals surface area contributed by atoms with E-state index in [0.717, 1.165) is 18.1 Å². The van der Waals surface area contributed by atoms with E-state index >= 15 is 0 Å². The molecule has 0 bridgehead atoms.